The summed E-state index contributed by atoms with van der Waals surface area (Å²) in [4.78, 5) is 0. The summed E-state index contributed by atoms with van der Waals surface area (Å²) in [6.07, 6.45) is 0.901. The number of nitrogens with one attached hydrogen (secondary N) is 1. The third-order valence-electron chi connectivity index (χ3n) is 2.36. The van der Waals surface area contributed by atoms with Crippen LogP contribution >= 0.6 is 0 Å². The molecule has 0 fully saturated rings. The summed E-state index contributed by atoms with van der Waals surface area (Å²) in [5.74, 6) is -0.187. The topological polar surface area (TPSA) is 30.5 Å². The van der Waals surface area contributed by atoms with Crippen LogP contribution in [-0.4, -0.2) is 40.0 Å². The van der Waals surface area contributed by atoms with E-state index in [0.29, 0.717) is 19.8 Å². The van der Waals surface area contributed by atoms with Crippen molar-refractivity contribution in [3.8, 4) is 0 Å². The molecule has 0 aromatic heterocycles. The van der Waals surface area contributed by atoms with Gasteiger partial charge in [-0.25, -0.2) is 4.39 Å². The van der Waals surface area contributed by atoms with Crippen LogP contribution in [0, 0.1) is 5.82 Å². The highest BCUT2D eigenvalue weighted by Crippen LogP contribution is 2.02. The van der Waals surface area contributed by atoms with E-state index in [1.165, 1.54) is 12.1 Å². The third kappa shape index (κ3) is 7.05. The third-order valence-corrected chi connectivity index (χ3v) is 2.36. The first-order valence-corrected chi connectivity index (χ1v) is 5.85. The molecular weight excluding hydrogens is 221 g/mol. The smallest absolute Gasteiger partial charge is 0.123 e. The van der Waals surface area contributed by atoms with Crippen LogP contribution < -0.4 is 5.32 Å². The number of benzene rings is 1. The summed E-state index contributed by atoms with van der Waals surface area (Å²) in [5.41, 5.74) is 1.14. The Balaban J connectivity index is 1.95. The Morgan fingerprint density at radius 2 is 1.82 bits per heavy atom. The molecule has 0 aliphatic rings. The lowest BCUT2D eigenvalue weighted by atomic mass is 10.1. The Labute approximate surface area is 102 Å². The van der Waals surface area contributed by atoms with Crippen LogP contribution in [0.3, 0.4) is 0 Å². The fourth-order valence-electron chi connectivity index (χ4n) is 1.40. The summed E-state index contributed by atoms with van der Waals surface area (Å²) >= 11 is 0. The van der Waals surface area contributed by atoms with Crippen molar-refractivity contribution in [2.75, 3.05) is 40.0 Å². The fourth-order valence-corrected chi connectivity index (χ4v) is 1.40. The highest BCUT2D eigenvalue weighted by atomic mass is 19.1. The number of hydrogen-bond donors (Lipinski definition) is 1. The van der Waals surface area contributed by atoms with Crippen molar-refractivity contribution in [2.45, 2.75) is 6.42 Å². The molecule has 0 bridgehead atoms. The maximum atomic E-state index is 12.6. The summed E-state index contributed by atoms with van der Waals surface area (Å²) in [6, 6.07) is 6.60. The molecule has 0 amide bonds. The van der Waals surface area contributed by atoms with Gasteiger partial charge in [-0.3, -0.25) is 0 Å². The van der Waals surface area contributed by atoms with Gasteiger partial charge in [0.05, 0.1) is 19.8 Å². The van der Waals surface area contributed by atoms with Gasteiger partial charge in [-0.1, -0.05) is 12.1 Å². The minimum Gasteiger partial charge on any atom is -0.382 e. The minimum absolute atomic E-state index is 0.187. The van der Waals surface area contributed by atoms with Crippen molar-refractivity contribution in [1.82, 2.24) is 5.32 Å². The Hall–Kier alpha value is -0.970. The standard InChI is InChI=1S/C13H20FNO2/c1-16-10-11-17-9-8-15-7-6-12-2-4-13(14)5-3-12/h2-5,15H,6-11H2,1H3. The zero-order valence-electron chi connectivity index (χ0n) is 10.2. The monoisotopic (exact) mass is 241 g/mol. The molecule has 0 radical (unpaired) electrons. The van der Waals surface area contributed by atoms with E-state index in [-0.39, 0.29) is 5.82 Å². The van der Waals surface area contributed by atoms with Crippen LogP contribution in [0.4, 0.5) is 4.39 Å². The largest absolute Gasteiger partial charge is 0.382 e. The van der Waals surface area contributed by atoms with E-state index >= 15 is 0 Å². The molecule has 0 saturated carbocycles. The molecule has 1 N–H and O–H groups in total. The average molecular weight is 241 g/mol. The molecule has 0 spiro atoms. The maximum Gasteiger partial charge on any atom is 0.123 e. The highest BCUT2D eigenvalue weighted by Gasteiger charge is 1.94. The van der Waals surface area contributed by atoms with Gasteiger partial charge in [-0.05, 0) is 30.7 Å². The first kappa shape index (κ1) is 14.1. The quantitative estimate of drug-likeness (QED) is 0.666. The minimum atomic E-state index is -0.187. The van der Waals surface area contributed by atoms with E-state index in [2.05, 4.69) is 5.32 Å². The Kier molecular flexibility index (Phi) is 7.54. The first-order chi connectivity index (χ1) is 8.33. The fraction of sp³-hybridized carbons (Fsp3) is 0.538. The number of halogens is 1. The van der Waals surface area contributed by atoms with E-state index in [4.69, 9.17) is 9.47 Å². The van der Waals surface area contributed by atoms with Crippen molar-refractivity contribution in [2.24, 2.45) is 0 Å². The molecule has 4 heteroatoms. The summed E-state index contributed by atoms with van der Waals surface area (Å²) in [5, 5.41) is 3.27. The van der Waals surface area contributed by atoms with Crippen molar-refractivity contribution < 1.29 is 13.9 Å². The van der Waals surface area contributed by atoms with E-state index in [9.17, 15) is 4.39 Å². The van der Waals surface area contributed by atoms with Crippen LogP contribution in [0.25, 0.3) is 0 Å². The van der Waals surface area contributed by atoms with Crippen molar-refractivity contribution in [1.29, 1.82) is 0 Å². The second-order valence-electron chi connectivity index (χ2n) is 3.73. The number of rotatable bonds is 9. The molecule has 0 heterocycles. The summed E-state index contributed by atoms with van der Waals surface area (Å²) in [7, 11) is 1.66. The zero-order valence-corrected chi connectivity index (χ0v) is 10.2. The van der Waals surface area contributed by atoms with Gasteiger partial charge in [0.25, 0.3) is 0 Å². The predicted octanol–water partition coefficient (Wildman–Crippen LogP) is 1.62. The molecule has 1 aromatic carbocycles. The van der Waals surface area contributed by atoms with Gasteiger partial charge >= 0.3 is 0 Å². The van der Waals surface area contributed by atoms with Crippen molar-refractivity contribution in [3.63, 3.8) is 0 Å². The molecular formula is C13H20FNO2. The summed E-state index contributed by atoms with van der Waals surface area (Å²) < 4.78 is 22.8. The van der Waals surface area contributed by atoms with Gasteiger partial charge in [0.15, 0.2) is 0 Å². The average Bonchev–Trinajstić information content (AvgIpc) is 2.35. The molecule has 3 nitrogen and oxygen atoms in total. The van der Waals surface area contributed by atoms with Crippen LogP contribution in [0.15, 0.2) is 24.3 Å². The lowest BCUT2D eigenvalue weighted by Gasteiger charge is -2.06. The molecule has 0 unspecified atom stereocenters. The van der Waals surface area contributed by atoms with Crippen LogP contribution in [0.5, 0.6) is 0 Å². The normalized spacial score (nSPS) is 10.7. The van der Waals surface area contributed by atoms with Crippen LogP contribution in [0.1, 0.15) is 5.56 Å². The summed E-state index contributed by atoms with van der Waals surface area (Å²) in [6.45, 7) is 3.66. The number of hydrogen-bond acceptors (Lipinski definition) is 3. The molecule has 0 aliphatic carbocycles. The molecule has 0 atom stereocenters. The Morgan fingerprint density at radius 3 is 2.53 bits per heavy atom. The van der Waals surface area contributed by atoms with E-state index in [1.807, 2.05) is 12.1 Å². The molecule has 0 aliphatic heterocycles. The SMILES string of the molecule is COCCOCCNCCc1ccc(F)cc1. The van der Waals surface area contributed by atoms with Crippen LogP contribution in [-0.2, 0) is 15.9 Å². The zero-order chi connectivity index (χ0) is 12.3. The van der Waals surface area contributed by atoms with Gasteiger partial charge in [0, 0.05) is 13.7 Å². The van der Waals surface area contributed by atoms with Gasteiger partial charge in [-0.2, -0.15) is 0 Å². The van der Waals surface area contributed by atoms with Gasteiger partial charge in [0.1, 0.15) is 5.82 Å². The van der Waals surface area contributed by atoms with E-state index < -0.39 is 0 Å². The molecule has 0 saturated heterocycles. The van der Waals surface area contributed by atoms with Crippen LogP contribution in [0.2, 0.25) is 0 Å². The maximum absolute atomic E-state index is 12.6. The predicted molar refractivity (Wildman–Crippen MR) is 65.7 cm³/mol. The van der Waals surface area contributed by atoms with Gasteiger partial charge in [0.2, 0.25) is 0 Å². The second kappa shape index (κ2) is 9.10. The van der Waals surface area contributed by atoms with E-state index in [0.717, 1.165) is 25.1 Å². The molecule has 1 rings (SSSR count). The number of methoxy groups -OCH3 is 1. The molecule has 96 valence electrons. The van der Waals surface area contributed by atoms with Crippen molar-refractivity contribution in [3.05, 3.63) is 35.6 Å². The van der Waals surface area contributed by atoms with Gasteiger partial charge < -0.3 is 14.8 Å². The van der Waals surface area contributed by atoms with Crippen molar-refractivity contribution >= 4 is 0 Å². The molecule has 17 heavy (non-hydrogen) atoms. The number of ether oxygens (including phenoxy) is 2. The molecule has 1 aromatic rings. The second-order valence-corrected chi connectivity index (χ2v) is 3.73. The Morgan fingerprint density at radius 1 is 1.06 bits per heavy atom. The Bertz CT molecular complexity index is 290. The van der Waals surface area contributed by atoms with E-state index in [1.54, 1.807) is 7.11 Å². The first-order valence-electron chi connectivity index (χ1n) is 5.85. The lowest BCUT2D eigenvalue weighted by Crippen LogP contribution is -2.22. The van der Waals surface area contributed by atoms with Gasteiger partial charge in [-0.15, -0.1) is 0 Å². The highest BCUT2D eigenvalue weighted by molar-refractivity contribution is 5.16. The lowest BCUT2D eigenvalue weighted by molar-refractivity contribution is 0.0721.